The Morgan fingerprint density at radius 1 is 1.24 bits per heavy atom. The Morgan fingerprint density at radius 3 is 2.71 bits per heavy atom. The van der Waals surface area contributed by atoms with Crippen LogP contribution in [0, 0.1) is 5.92 Å². The predicted molar refractivity (Wildman–Crippen MR) is 83.5 cm³/mol. The summed E-state index contributed by atoms with van der Waals surface area (Å²) in [5.41, 5.74) is 1.93. The molecular formula is C16H23N3O2. The van der Waals surface area contributed by atoms with Crippen molar-refractivity contribution in [2.75, 3.05) is 44.0 Å². The number of hydrogen-bond acceptors (Lipinski definition) is 4. The van der Waals surface area contributed by atoms with E-state index in [0.29, 0.717) is 6.04 Å². The van der Waals surface area contributed by atoms with Crippen molar-refractivity contribution < 1.29 is 9.53 Å². The molecule has 2 aliphatic heterocycles. The van der Waals surface area contributed by atoms with Crippen molar-refractivity contribution in [3.63, 3.8) is 0 Å². The van der Waals surface area contributed by atoms with Crippen LogP contribution < -0.4 is 10.6 Å². The molecule has 5 nitrogen and oxygen atoms in total. The van der Waals surface area contributed by atoms with Crippen LogP contribution in [0.15, 0.2) is 24.3 Å². The molecule has 0 aromatic heterocycles. The third-order valence-electron chi connectivity index (χ3n) is 4.43. The Kier molecular flexibility index (Phi) is 4.41. The van der Waals surface area contributed by atoms with Crippen molar-refractivity contribution in [2.24, 2.45) is 5.92 Å². The fourth-order valence-corrected chi connectivity index (χ4v) is 3.33. The first kappa shape index (κ1) is 14.4. The summed E-state index contributed by atoms with van der Waals surface area (Å²) >= 11 is 0. The van der Waals surface area contributed by atoms with E-state index in [9.17, 15) is 4.79 Å². The van der Waals surface area contributed by atoms with Crippen molar-refractivity contribution in [1.82, 2.24) is 4.90 Å². The van der Waals surface area contributed by atoms with E-state index in [1.807, 2.05) is 24.3 Å². The van der Waals surface area contributed by atoms with Crippen LogP contribution >= 0.6 is 0 Å². The highest BCUT2D eigenvalue weighted by atomic mass is 16.5. The molecule has 3 atom stereocenters. The number of fused-ring (bicyclic) bond motifs is 2. The minimum atomic E-state index is -0.128. The van der Waals surface area contributed by atoms with Gasteiger partial charge in [0.05, 0.1) is 0 Å². The molecule has 2 aliphatic rings. The van der Waals surface area contributed by atoms with E-state index in [-0.39, 0.29) is 12.5 Å². The number of carbonyl (C=O) groups excluding carboxylic acids is 1. The molecule has 1 amide bonds. The van der Waals surface area contributed by atoms with E-state index < -0.39 is 0 Å². The van der Waals surface area contributed by atoms with Crippen LogP contribution in [0.1, 0.15) is 12.8 Å². The highest BCUT2D eigenvalue weighted by Gasteiger charge is 2.33. The second-order valence-corrected chi connectivity index (χ2v) is 5.95. The minimum absolute atomic E-state index is 0.0836. The number of piperidine rings is 1. The fraction of sp³-hybridized carbons (Fsp3) is 0.562. The Bertz CT molecular complexity index is 489. The third kappa shape index (κ3) is 3.54. The molecule has 1 aromatic carbocycles. The highest BCUT2D eigenvalue weighted by molar-refractivity contribution is 5.91. The normalized spacial score (nSPS) is 27.4. The third-order valence-corrected chi connectivity index (χ3v) is 4.43. The van der Waals surface area contributed by atoms with Crippen LogP contribution in [-0.4, -0.2) is 50.2 Å². The molecule has 2 N–H and O–H groups in total. The van der Waals surface area contributed by atoms with Crippen LogP contribution in [0.2, 0.25) is 0 Å². The van der Waals surface area contributed by atoms with Gasteiger partial charge in [-0.2, -0.15) is 0 Å². The predicted octanol–water partition coefficient (Wildman–Crippen LogP) is 1.78. The van der Waals surface area contributed by atoms with Crippen LogP contribution in [0.25, 0.3) is 0 Å². The number of rotatable bonds is 5. The number of nitrogens with one attached hydrogen (secondary N) is 2. The van der Waals surface area contributed by atoms with Gasteiger partial charge in [-0.3, -0.25) is 4.79 Å². The van der Waals surface area contributed by atoms with Crippen molar-refractivity contribution in [1.29, 1.82) is 0 Å². The summed E-state index contributed by atoms with van der Waals surface area (Å²) in [4.78, 5) is 14.0. The summed E-state index contributed by atoms with van der Waals surface area (Å²) < 4.78 is 4.80. The SMILES string of the molecule is COCC(=O)Nc1ccc(NC2CCN3CCC2C3)cc1. The smallest absolute Gasteiger partial charge is 0.250 e. The molecule has 2 saturated heterocycles. The number of hydrogen-bond donors (Lipinski definition) is 2. The number of ether oxygens (including phenoxy) is 1. The van der Waals surface area contributed by atoms with E-state index in [2.05, 4.69) is 15.5 Å². The van der Waals surface area contributed by atoms with Crippen LogP contribution in [0.3, 0.4) is 0 Å². The van der Waals surface area contributed by atoms with Gasteiger partial charge in [-0.25, -0.2) is 0 Å². The number of carbonyl (C=O) groups is 1. The zero-order valence-corrected chi connectivity index (χ0v) is 12.5. The van der Waals surface area contributed by atoms with E-state index >= 15 is 0 Å². The number of benzene rings is 1. The maximum Gasteiger partial charge on any atom is 0.250 e. The topological polar surface area (TPSA) is 53.6 Å². The number of nitrogens with zero attached hydrogens (tertiary/aromatic N) is 1. The van der Waals surface area contributed by atoms with Gasteiger partial charge >= 0.3 is 0 Å². The van der Waals surface area contributed by atoms with Gasteiger partial charge in [0.2, 0.25) is 5.91 Å². The standard InChI is InChI=1S/C16H23N3O2/c1-21-11-16(20)18-14-4-2-13(3-5-14)17-15-7-9-19-8-6-12(15)10-19/h2-5,12,15,17H,6-11H2,1H3,(H,18,20). The molecule has 2 heterocycles. The molecule has 2 fully saturated rings. The van der Waals surface area contributed by atoms with Gasteiger partial charge < -0.3 is 20.3 Å². The van der Waals surface area contributed by atoms with E-state index in [0.717, 1.165) is 17.3 Å². The van der Waals surface area contributed by atoms with Crippen molar-refractivity contribution >= 4 is 17.3 Å². The quantitative estimate of drug-likeness (QED) is 0.867. The molecule has 0 spiro atoms. The lowest BCUT2D eigenvalue weighted by atomic mass is 9.94. The van der Waals surface area contributed by atoms with Crippen molar-refractivity contribution in [3.05, 3.63) is 24.3 Å². The maximum absolute atomic E-state index is 11.4. The second kappa shape index (κ2) is 6.45. The minimum Gasteiger partial charge on any atom is -0.382 e. The molecule has 0 saturated carbocycles. The molecule has 3 rings (SSSR count). The molecule has 2 bridgehead atoms. The summed E-state index contributed by atoms with van der Waals surface area (Å²) in [5.74, 6) is 0.649. The fourth-order valence-electron chi connectivity index (χ4n) is 3.33. The monoisotopic (exact) mass is 289 g/mol. The number of methoxy groups -OCH3 is 1. The molecular weight excluding hydrogens is 266 g/mol. The van der Waals surface area contributed by atoms with Gasteiger partial charge in [-0.15, -0.1) is 0 Å². The summed E-state index contributed by atoms with van der Waals surface area (Å²) in [6, 6.07) is 8.50. The van der Waals surface area contributed by atoms with Gasteiger partial charge in [0.15, 0.2) is 0 Å². The molecule has 5 heteroatoms. The largest absolute Gasteiger partial charge is 0.382 e. The summed E-state index contributed by atoms with van der Waals surface area (Å²) in [6.07, 6.45) is 2.53. The van der Waals surface area contributed by atoms with Crippen LogP contribution in [0.4, 0.5) is 11.4 Å². The van der Waals surface area contributed by atoms with E-state index in [1.165, 1.54) is 39.6 Å². The Hall–Kier alpha value is -1.59. The molecule has 1 aromatic rings. The zero-order valence-electron chi connectivity index (χ0n) is 12.5. The van der Waals surface area contributed by atoms with Gasteiger partial charge in [0.25, 0.3) is 0 Å². The summed E-state index contributed by atoms with van der Waals surface area (Å²) in [5, 5.41) is 6.45. The van der Waals surface area contributed by atoms with Crippen LogP contribution in [-0.2, 0) is 9.53 Å². The average Bonchev–Trinajstić information content (AvgIpc) is 2.87. The first-order chi connectivity index (χ1) is 10.2. The zero-order chi connectivity index (χ0) is 14.7. The molecule has 21 heavy (non-hydrogen) atoms. The van der Waals surface area contributed by atoms with Crippen molar-refractivity contribution in [3.8, 4) is 0 Å². The molecule has 0 aliphatic carbocycles. The highest BCUT2D eigenvalue weighted by Crippen LogP contribution is 2.29. The first-order valence-corrected chi connectivity index (χ1v) is 7.62. The lowest BCUT2D eigenvalue weighted by molar-refractivity contribution is -0.119. The number of anilines is 2. The lowest BCUT2D eigenvalue weighted by Crippen LogP contribution is -2.39. The Morgan fingerprint density at radius 2 is 1.95 bits per heavy atom. The summed E-state index contributed by atoms with van der Waals surface area (Å²) in [6.45, 7) is 3.79. The number of amides is 1. The lowest BCUT2D eigenvalue weighted by Gasteiger charge is -2.31. The van der Waals surface area contributed by atoms with E-state index in [1.54, 1.807) is 0 Å². The average molecular weight is 289 g/mol. The summed E-state index contributed by atoms with van der Waals surface area (Å²) in [7, 11) is 1.51. The van der Waals surface area contributed by atoms with Crippen LogP contribution in [0.5, 0.6) is 0 Å². The first-order valence-electron chi connectivity index (χ1n) is 7.62. The Labute approximate surface area is 125 Å². The molecule has 114 valence electrons. The Balaban J connectivity index is 1.55. The maximum atomic E-state index is 11.4. The van der Waals surface area contributed by atoms with E-state index in [4.69, 9.17) is 4.74 Å². The molecule has 0 radical (unpaired) electrons. The van der Waals surface area contributed by atoms with Crippen molar-refractivity contribution in [2.45, 2.75) is 18.9 Å². The van der Waals surface area contributed by atoms with Gasteiger partial charge in [0, 0.05) is 37.6 Å². The molecule has 3 unspecified atom stereocenters. The van der Waals surface area contributed by atoms with Gasteiger partial charge in [0.1, 0.15) is 6.61 Å². The van der Waals surface area contributed by atoms with Gasteiger partial charge in [-0.05, 0) is 49.6 Å². The second-order valence-electron chi connectivity index (χ2n) is 5.95. The van der Waals surface area contributed by atoms with Gasteiger partial charge in [-0.1, -0.05) is 0 Å².